The summed E-state index contributed by atoms with van der Waals surface area (Å²) in [6.45, 7) is 8.30. The molecule has 3 atom stereocenters. The fourth-order valence-corrected chi connectivity index (χ4v) is 3.13. The van der Waals surface area contributed by atoms with E-state index in [4.69, 9.17) is 0 Å². The number of unbranched alkanes of at least 4 members (excludes halogenated alkanes) is 1. The second kappa shape index (κ2) is 8.10. The Morgan fingerprint density at radius 2 is 1.94 bits per heavy atom. The first-order valence-electron chi connectivity index (χ1n) is 7.67. The molecular weight excluding hydrogens is 208 g/mol. The van der Waals surface area contributed by atoms with Gasteiger partial charge < -0.3 is 5.32 Å². The lowest BCUT2D eigenvalue weighted by Crippen LogP contribution is -2.53. The first kappa shape index (κ1) is 15.0. The Balaban J connectivity index is 2.64. The summed E-state index contributed by atoms with van der Waals surface area (Å²) in [5.41, 5.74) is 0. The number of rotatable bonds is 7. The second-order valence-corrected chi connectivity index (χ2v) is 5.60. The highest BCUT2D eigenvalue weighted by Gasteiger charge is 2.30. The van der Waals surface area contributed by atoms with Crippen molar-refractivity contribution in [2.75, 3.05) is 13.6 Å². The summed E-state index contributed by atoms with van der Waals surface area (Å²) in [4.78, 5) is 2.78. The molecule has 2 heteroatoms. The standard InChI is InChI=1S/C15H32N2/c1-5-7-12-17(13(3)6-2)15-11-9-8-10-14(15)16-4/h13-16H,5-12H2,1-4H3. The van der Waals surface area contributed by atoms with Crippen LogP contribution in [0.25, 0.3) is 0 Å². The van der Waals surface area contributed by atoms with Gasteiger partial charge in [-0.15, -0.1) is 0 Å². The minimum absolute atomic E-state index is 0.717. The molecule has 0 spiro atoms. The lowest BCUT2D eigenvalue weighted by atomic mass is 9.88. The molecule has 0 amide bonds. The van der Waals surface area contributed by atoms with Gasteiger partial charge in [0.1, 0.15) is 0 Å². The van der Waals surface area contributed by atoms with Crippen molar-refractivity contribution < 1.29 is 0 Å². The predicted octanol–water partition coefficient (Wildman–Crippen LogP) is 3.42. The van der Waals surface area contributed by atoms with E-state index in [1.165, 1.54) is 51.5 Å². The smallest absolute Gasteiger partial charge is 0.0252 e. The quantitative estimate of drug-likeness (QED) is 0.733. The van der Waals surface area contributed by atoms with Gasteiger partial charge in [0.15, 0.2) is 0 Å². The minimum Gasteiger partial charge on any atom is -0.315 e. The zero-order valence-electron chi connectivity index (χ0n) is 12.3. The van der Waals surface area contributed by atoms with Gasteiger partial charge in [-0.1, -0.05) is 33.1 Å². The highest BCUT2D eigenvalue weighted by molar-refractivity contribution is 4.89. The number of nitrogens with zero attached hydrogens (tertiary/aromatic N) is 1. The van der Waals surface area contributed by atoms with Gasteiger partial charge in [-0.05, 0) is 46.2 Å². The topological polar surface area (TPSA) is 15.3 Å². The maximum Gasteiger partial charge on any atom is 0.0252 e. The van der Waals surface area contributed by atoms with E-state index >= 15 is 0 Å². The lowest BCUT2D eigenvalue weighted by Gasteiger charge is -2.43. The first-order chi connectivity index (χ1) is 8.24. The van der Waals surface area contributed by atoms with E-state index in [0.29, 0.717) is 0 Å². The van der Waals surface area contributed by atoms with Gasteiger partial charge >= 0.3 is 0 Å². The van der Waals surface area contributed by atoms with Crippen LogP contribution in [0.4, 0.5) is 0 Å². The summed E-state index contributed by atoms with van der Waals surface area (Å²) in [5.74, 6) is 0. The van der Waals surface area contributed by atoms with Gasteiger partial charge in [0, 0.05) is 18.1 Å². The molecule has 0 heterocycles. The van der Waals surface area contributed by atoms with Crippen LogP contribution in [0.15, 0.2) is 0 Å². The number of likely N-dealkylation sites (N-methyl/N-ethyl adjacent to an activating group) is 1. The van der Waals surface area contributed by atoms with Crippen LogP contribution >= 0.6 is 0 Å². The van der Waals surface area contributed by atoms with Crippen LogP contribution in [0.3, 0.4) is 0 Å². The number of hydrogen-bond acceptors (Lipinski definition) is 2. The Morgan fingerprint density at radius 1 is 1.24 bits per heavy atom. The second-order valence-electron chi connectivity index (χ2n) is 5.60. The number of nitrogens with one attached hydrogen (secondary N) is 1. The van der Waals surface area contributed by atoms with Gasteiger partial charge in [0.25, 0.3) is 0 Å². The van der Waals surface area contributed by atoms with E-state index in [2.05, 4.69) is 38.0 Å². The molecule has 0 bridgehead atoms. The SMILES string of the molecule is CCCCN(C(C)CC)C1CCCCC1NC. The van der Waals surface area contributed by atoms with Gasteiger partial charge in [-0.2, -0.15) is 0 Å². The highest BCUT2D eigenvalue weighted by atomic mass is 15.2. The van der Waals surface area contributed by atoms with Crippen molar-refractivity contribution in [3.05, 3.63) is 0 Å². The molecule has 0 aromatic carbocycles. The van der Waals surface area contributed by atoms with Crippen LogP contribution in [0.2, 0.25) is 0 Å². The van der Waals surface area contributed by atoms with E-state index in [1.54, 1.807) is 0 Å². The minimum atomic E-state index is 0.717. The van der Waals surface area contributed by atoms with Crippen LogP contribution in [-0.2, 0) is 0 Å². The zero-order valence-corrected chi connectivity index (χ0v) is 12.3. The van der Waals surface area contributed by atoms with Crippen LogP contribution in [0.5, 0.6) is 0 Å². The van der Waals surface area contributed by atoms with Crippen LogP contribution in [0, 0.1) is 0 Å². The third-order valence-electron chi connectivity index (χ3n) is 4.45. The van der Waals surface area contributed by atoms with E-state index in [9.17, 15) is 0 Å². The fourth-order valence-electron chi connectivity index (χ4n) is 3.13. The van der Waals surface area contributed by atoms with Gasteiger partial charge in [-0.25, -0.2) is 0 Å². The molecule has 17 heavy (non-hydrogen) atoms. The molecule has 0 aromatic rings. The van der Waals surface area contributed by atoms with E-state index in [1.807, 2.05) is 0 Å². The molecular formula is C15H32N2. The predicted molar refractivity (Wildman–Crippen MR) is 76.5 cm³/mol. The molecule has 1 saturated carbocycles. The Kier molecular flexibility index (Phi) is 7.14. The fraction of sp³-hybridized carbons (Fsp3) is 1.00. The van der Waals surface area contributed by atoms with E-state index < -0.39 is 0 Å². The maximum atomic E-state index is 3.55. The van der Waals surface area contributed by atoms with Crippen molar-refractivity contribution in [3.63, 3.8) is 0 Å². The van der Waals surface area contributed by atoms with Crippen molar-refractivity contribution in [1.82, 2.24) is 10.2 Å². The molecule has 0 radical (unpaired) electrons. The summed E-state index contributed by atoms with van der Waals surface area (Å²) in [7, 11) is 2.14. The Labute approximate surface area is 108 Å². The molecule has 0 saturated heterocycles. The highest BCUT2D eigenvalue weighted by Crippen LogP contribution is 2.25. The van der Waals surface area contributed by atoms with Crippen molar-refractivity contribution in [3.8, 4) is 0 Å². The lowest BCUT2D eigenvalue weighted by molar-refractivity contribution is 0.0839. The largest absolute Gasteiger partial charge is 0.315 e. The summed E-state index contributed by atoms with van der Waals surface area (Å²) in [6, 6.07) is 2.23. The van der Waals surface area contributed by atoms with Crippen molar-refractivity contribution in [2.45, 2.75) is 83.8 Å². The average molecular weight is 240 g/mol. The summed E-state index contributed by atoms with van der Waals surface area (Å²) < 4.78 is 0. The molecule has 1 aliphatic carbocycles. The normalized spacial score (nSPS) is 27.4. The summed E-state index contributed by atoms with van der Waals surface area (Å²) in [6.07, 6.45) is 9.50. The van der Waals surface area contributed by atoms with Crippen LogP contribution < -0.4 is 5.32 Å². The van der Waals surface area contributed by atoms with Crippen molar-refractivity contribution in [1.29, 1.82) is 0 Å². The van der Waals surface area contributed by atoms with E-state index in [0.717, 1.165) is 18.1 Å². The molecule has 1 fully saturated rings. The molecule has 1 rings (SSSR count). The Hall–Kier alpha value is -0.0800. The molecule has 2 nitrogen and oxygen atoms in total. The molecule has 1 N–H and O–H groups in total. The van der Waals surface area contributed by atoms with Crippen LogP contribution in [0.1, 0.15) is 65.7 Å². The summed E-state index contributed by atoms with van der Waals surface area (Å²) >= 11 is 0. The molecule has 1 aliphatic rings. The van der Waals surface area contributed by atoms with Gasteiger partial charge in [0.2, 0.25) is 0 Å². The van der Waals surface area contributed by atoms with Crippen LogP contribution in [-0.4, -0.2) is 36.6 Å². The van der Waals surface area contributed by atoms with Crippen molar-refractivity contribution >= 4 is 0 Å². The summed E-state index contributed by atoms with van der Waals surface area (Å²) in [5, 5.41) is 3.55. The van der Waals surface area contributed by atoms with E-state index in [-0.39, 0.29) is 0 Å². The third-order valence-corrected chi connectivity index (χ3v) is 4.45. The average Bonchev–Trinajstić information content (AvgIpc) is 2.39. The molecule has 0 aromatic heterocycles. The first-order valence-corrected chi connectivity index (χ1v) is 7.67. The zero-order chi connectivity index (χ0) is 12.7. The monoisotopic (exact) mass is 240 g/mol. The maximum absolute atomic E-state index is 3.55. The number of hydrogen-bond donors (Lipinski definition) is 1. The van der Waals surface area contributed by atoms with Crippen molar-refractivity contribution in [2.24, 2.45) is 0 Å². The Bertz CT molecular complexity index is 193. The molecule has 102 valence electrons. The van der Waals surface area contributed by atoms with Gasteiger partial charge in [-0.3, -0.25) is 4.90 Å². The Morgan fingerprint density at radius 3 is 2.53 bits per heavy atom. The van der Waals surface area contributed by atoms with Gasteiger partial charge in [0.05, 0.1) is 0 Å². The molecule has 3 unspecified atom stereocenters. The molecule has 0 aliphatic heterocycles. The third kappa shape index (κ3) is 4.26.